The molecule has 0 atom stereocenters. The zero-order valence-electron chi connectivity index (χ0n) is 61.6. The maximum Gasteiger partial charge on any atom is 3.00 e. The zero-order chi connectivity index (χ0) is 84.8. The first-order chi connectivity index (χ1) is 53.2. The Morgan fingerprint density at radius 3 is 1.21 bits per heavy atom. The Labute approximate surface area is 741 Å². The predicted molar refractivity (Wildman–Crippen MR) is 394 cm³/mol. The van der Waals surface area contributed by atoms with Gasteiger partial charge in [0.25, 0.3) is 30.7 Å². The third-order valence-corrected chi connectivity index (χ3v) is 18.1. The van der Waals surface area contributed by atoms with Crippen molar-refractivity contribution in [1.82, 2.24) is 54.6 Å². The molecule has 0 bridgehead atoms. The Bertz CT molecular complexity index is 5570. The van der Waals surface area contributed by atoms with Crippen LogP contribution in [-0.4, -0.2) is 54.6 Å². The first kappa shape index (κ1) is 105. The van der Waals surface area contributed by atoms with E-state index in [1.165, 1.54) is 62.4 Å². The molecule has 0 aliphatic rings. The fourth-order valence-electron chi connectivity index (χ4n) is 9.40. The van der Waals surface area contributed by atoms with E-state index in [0.717, 1.165) is 40.3 Å². The summed E-state index contributed by atoms with van der Waals surface area (Å²) in [5, 5.41) is -0.270. The molecule has 10 aromatic heterocycles. The van der Waals surface area contributed by atoms with Gasteiger partial charge in [-0.15, -0.1) is 133 Å². The fraction of sp³-hybridized carbons (Fsp3) is 0.0886. The first-order valence-corrected chi connectivity index (χ1v) is 38.3. The molecular weight excluding hydrogens is 2580 g/mol. The van der Waals surface area contributed by atoms with Crippen LogP contribution in [0.25, 0.3) is 73.2 Å². The number of nitrogens with zero attached hydrogens (tertiary/aromatic N) is 11. The van der Waals surface area contributed by atoms with Gasteiger partial charge in [-0.3, -0.25) is 22.2 Å². The fourth-order valence-corrected chi connectivity index (χ4v) is 11.1. The SMILES string of the molecule is Cc1cc[c-]c(-n2cccn2)c1.Cc1ccnc(-c2[c-]cc(F)c(C(F)(F)F)c2F)c1.Cc1ccnc(-c2[c-]cc(F)c(C)c2F)c1.Cc1nc(S(F)(F)(F)(F)F)c[c-]c1-c1ccccn1.Cc1ncc[c-]c1-c1ccccn1.FS(F)(F)(F)(F)c1c[c-]c(-c2ccccn2)cc1.FS(F)(F)(F)(F)c1c[c-]c(-c2ccccn2)cn1.[Ir+3].[Ir].[Ir].[Ir].[Ir]. The normalized spacial score (nSPS) is 12.6. The van der Waals surface area contributed by atoms with Crippen LogP contribution in [-0.2, 0) is 107 Å². The molecule has 0 spiro atoms. The minimum absolute atomic E-state index is 0. The Balaban J connectivity index is 0.000000361. The van der Waals surface area contributed by atoms with Crippen molar-refractivity contribution in [3.8, 4) is 73.2 Å². The Hall–Kier alpha value is -8.80. The molecule has 0 N–H and O–H groups in total. The van der Waals surface area contributed by atoms with E-state index in [1.807, 2.05) is 68.6 Å². The van der Waals surface area contributed by atoms with Gasteiger partial charge in [-0.25, -0.2) is 0 Å². The van der Waals surface area contributed by atoms with Crippen LogP contribution in [0, 0.1) is 107 Å². The van der Waals surface area contributed by atoms with Gasteiger partial charge >= 0.3 is 26.3 Å². The van der Waals surface area contributed by atoms with Gasteiger partial charge in [-0.1, -0.05) is 167 Å². The van der Waals surface area contributed by atoms with Gasteiger partial charge in [0.1, 0.15) is 10.1 Å². The summed E-state index contributed by atoms with van der Waals surface area (Å²) in [5.41, 5.74) is 6.24. The molecule has 11 nitrogen and oxygen atoms in total. The van der Waals surface area contributed by atoms with Gasteiger partial charge in [-0.2, -0.15) is 42.0 Å². The van der Waals surface area contributed by atoms with Gasteiger partial charge < -0.3 is 44.9 Å². The van der Waals surface area contributed by atoms with Gasteiger partial charge in [0.2, 0.25) is 0 Å². The maximum absolute atomic E-state index is 13.8. The number of hydrogen-bond donors (Lipinski definition) is 0. The van der Waals surface area contributed by atoms with Crippen molar-refractivity contribution >= 4 is 30.7 Å². The largest absolute Gasteiger partial charge is 3.00 e. The molecule has 0 fully saturated rings. The molecule has 0 unspecified atom stereocenters. The number of alkyl halides is 3. The molecule has 4 radical (unpaired) electrons. The zero-order valence-corrected chi connectivity index (χ0v) is 76.0. The third kappa shape index (κ3) is 31.3. The van der Waals surface area contributed by atoms with E-state index < -0.39 is 86.2 Å². The maximum atomic E-state index is 13.8. The molecule has 648 valence electrons. The van der Waals surface area contributed by atoms with Gasteiger partial charge in [0.15, 0.2) is 0 Å². The van der Waals surface area contributed by atoms with Crippen molar-refractivity contribution in [2.45, 2.75) is 62.7 Å². The Morgan fingerprint density at radius 2 is 0.800 bits per heavy atom. The molecule has 10 heterocycles. The van der Waals surface area contributed by atoms with Crippen molar-refractivity contribution in [1.29, 1.82) is 0 Å². The Kier molecular flexibility index (Phi) is 35.1. The summed E-state index contributed by atoms with van der Waals surface area (Å²) in [6, 6.07) is 57.2. The number of hydrogen-bond acceptors (Lipinski definition) is 10. The number of rotatable bonds is 10. The first-order valence-electron chi connectivity index (χ1n) is 32.4. The molecule has 4 aromatic carbocycles. The standard InChI is InChI=1S/C13H7F5N.C13H10F2N.C11H8F5N2S.C11H7F5NS.C11H9N2.C10H6F5N2S.C10H9N2.5Ir/c1-7-4-5-19-10(6-7)8-2-3-9(14)11(12(8)15)13(16,17)18;1-8-5-6-16-12(7-8)10-3-4-11(14)9(2)13(10)15;1-8-9(10-4-2-3-7-17-10)5-6-11(18-8)19(12,13,14,15)16;12-18(13,14,15,16)10-6-4-9(5-7-10)11-3-1-2-8-17-11;1-9-10(5-4-8-12-9)11-6-2-3-7-13-11;11-18(12,13,14,15)10-5-4-8(7-17-10)9-3-1-2-6-16-9;1-9-4-2-5-10(8-9)12-7-3-6-11-12;;;;;/h3-6H,1H3;4-7H,1-2H3;2-4,6-7H,1H3;1-4,6-8H;2-4,6-8H,1H3;1-3,5-7H;2-4,6-8H,1H3;;;;;/q7*-1;;;;;+3. The van der Waals surface area contributed by atoms with Crippen LogP contribution < -0.4 is 0 Å². The second-order valence-corrected chi connectivity index (χ2v) is 31.2. The predicted octanol–water partition coefficient (Wildman–Crippen LogP) is 26.5. The molecule has 14 rings (SSSR count). The Morgan fingerprint density at radius 1 is 0.350 bits per heavy atom. The molecule has 120 heavy (non-hydrogen) atoms. The number of pyridine rings is 9. The third-order valence-electron chi connectivity index (χ3n) is 14.9. The topological polar surface area (TPSA) is 134 Å². The number of aryl methyl sites for hydroxylation is 5. The minimum atomic E-state index is -9.76. The van der Waals surface area contributed by atoms with E-state index >= 15 is 0 Å². The van der Waals surface area contributed by atoms with Crippen LogP contribution in [0.2, 0.25) is 0 Å². The van der Waals surface area contributed by atoms with Gasteiger partial charge in [0.05, 0.1) is 11.6 Å². The summed E-state index contributed by atoms with van der Waals surface area (Å²) >= 11 is 0. The van der Waals surface area contributed by atoms with Crippen molar-refractivity contribution in [3.05, 3.63) is 337 Å². The summed E-state index contributed by atoms with van der Waals surface area (Å²) in [4.78, 5) is 31.7. The van der Waals surface area contributed by atoms with Crippen molar-refractivity contribution in [2.24, 2.45) is 0 Å². The number of halogens is 22. The summed E-state index contributed by atoms with van der Waals surface area (Å²) in [6.45, 7) is 10.2. The molecule has 0 aliphatic carbocycles. The summed E-state index contributed by atoms with van der Waals surface area (Å²) in [6.07, 6.45) is 9.96. The van der Waals surface area contributed by atoms with Crippen LogP contribution in [0.3, 0.4) is 0 Å². The second-order valence-electron chi connectivity index (χ2n) is 24.0. The molecular formula is C79H56F22Ir5N11S3-4. The van der Waals surface area contributed by atoms with Crippen molar-refractivity contribution in [3.63, 3.8) is 0 Å². The second kappa shape index (κ2) is 40.0. The van der Waals surface area contributed by atoms with Crippen LogP contribution in [0.15, 0.2) is 247 Å². The van der Waals surface area contributed by atoms with E-state index in [0.29, 0.717) is 46.7 Å². The van der Waals surface area contributed by atoms with Gasteiger partial charge in [-0.05, 0) is 108 Å². The van der Waals surface area contributed by atoms with E-state index in [4.69, 9.17) is 0 Å². The van der Waals surface area contributed by atoms with Crippen molar-refractivity contribution in [2.75, 3.05) is 0 Å². The van der Waals surface area contributed by atoms with Crippen LogP contribution in [0.4, 0.5) is 89.0 Å². The smallest absolute Gasteiger partial charge is 0.357 e. The molecule has 41 heteroatoms. The monoisotopic (exact) mass is 2640 g/mol. The minimum Gasteiger partial charge on any atom is -0.357 e. The van der Waals surface area contributed by atoms with E-state index in [2.05, 4.69) is 99.3 Å². The summed E-state index contributed by atoms with van der Waals surface area (Å²) in [7, 11) is -29.1. The number of aromatic nitrogens is 11. The molecule has 14 aromatic rings. The summed E-state index contributed by atoms with van der Waals surface area (Å²) in [5.74, 6) is -4.58. The van der Waals surface area contributed by atoms with E-state index in [1.54, 1.807) is 97.1 Å². The molecule has 0 saturated carbocycles. The average Bonchev–Trinajstić information content (AvgIpc) is 1.04. The molecule has 0 aliphatic heterocycles. The van der Waals surface area contributed by atoms with E-state index in [9.17, 15) is 89.0 Å². The van der Waals surface area contributed by atoms with Crippen LogP contribution in [0.5, 0.6) is 0 Å². The quantitative estimate of drug-likeness (QED) is 0.0962. The average molecular weight is 2630 g/mol. The van der Waals surface area contributed by atoms with Gasteiger partial charge in [0, 0.05) is 152 Å². The molecule has 0 saturated heterocycles. The summed E-state index contributed by atoms with van der Waals surface area (Å²) < 4.78 is 280. The molecule has 0 amide bonds. The van der Waals surface area contributed by atoms with Crippen LogP contribution >= 0.6 is 30.7 Å². The number of benzene rings is 4. The van der Waals surface area contributed by atoms with E-state index in [-0.39, 0.29) is 158 Å². The van der Waals surface area contributed by atoms with Crippen LogP contribution in [0.1, 0.15) is 39.2 Å². The van der Waals surface area contributed by atoms with Crippen molar-refractivity contribution < 1.29 is 190 Å².